The quantitative estimate of drug-likeness (QED) is 0.900. The van der Waals surface area contributed by atoms with E-state index in [1.54, 1.807) is 6.20 Å². The Balaban J connectivity index is 1.57. The number of aromatic nitrogens is 1. The summed E-state index contributed by atoms with van der Waals surface area (Å²) in [5, 5.41) is 0. The summed E-state index contributed by atoms with van der Waals surface area (Å²) in [6.07, 6.45) is 5.16. The van der Waals surface area contributed by atoms with Crippen LogP contribution in [0.15, 0.2) is 18.3 Å². The molecule has 2 atom stereocenters. The van der Waals surface area contributed by atoms with Gasteiger partial charge >= 0.3 is 0 Å². The van der Waals surface area contributed by atoms with Gasteiger partial charge in [-0.15, -0.1) is 0 Å². The average molecular weight is 288 g/mol. The maximum absolute atomic E-state index is 12.6. The number of anilines is 2. The molecule has 1 amide bonds. The lowest BCUT2D eigenvalue weighted by atomic mass is 9.96. The van der Waals surface area contributed by atoms with Crippen LogP contribution in [0.1, 0.15) is 26.2 Å². The minimum atomic E-state index is 0.256. The second kappa shape index (κ2) is 5.92. The molecular weight excluding hydrogens is 264 g/mol. The van der Waals surface area contributed by atoms with Gasteiger partial charge in [0.15, 0.2) is 0 Å². The number of hydrogen-bond donors (Lipinski definition) is 1. The van der Waals surface area contributed by atoms with Gasteiger partial charge < -0.3 is 15.5 Å². The van der Waals surface area contributed by atoms with E-state index in [4.69, 9.17) is 5.73 Å². The first kappa shape index (κ1) is 14.2. The number of nitrogens with two attached hydrogens (primary N) is 1. The molecule has 5 heteroatoms. The standard InChI is InChI=1S/C16H24N4O/c1-12-3-2-4-14(12)16(21)20-9-7-19(8-10-20)15-6-5-13(17)11-18-15/h5-6,11-12,14H,2-4,7-10,17H2,1H3. The van der Waals surface area contributed by atoms with Gasteiger partial charge in [-0.1, -0.05) is 13.3 Å². The number of carbonyl (C=O) groups excluding carboxylic acids is 1. The van der Waals surface area contributed by atoms with Gasteiger partial charge in [0.05, 0.1) is 11.9 Å². The molecule has 1 saturated carbocycles. The summed E-state index contributed by atoms with van der Waals surface area (Å²) in [6, 6.07) is 3.83. The van der Waals surface area contributed by atoms with Gasteiger partial charge in [0, 0.05) is 32.1 Å². The van der Waals surface area contributed by atoms with Crippen LogP contribution in [0.5, 0.6) is 0 Å². The second-order valence-corrected chi connectivity index (χ2v) is 6.28. The first-order valence-corrected chi connectivity index (χ1v) is 7.90. The van der Waals surface area contributed by atoms with Crippen LogP contribution in [0, 0.1) is 11.8 Å². The van der Waals surface area contributed by atoms with E-state index in [0.29, 0.717) is 17.5 Å². The van der Waals surface area contributed by atoms with Crippen molar-refractivity contribution < 1.29 is 4.79 Å². The lowest BCUT2D eigenvalue weighted by molar-refractivity contribution is -0.136. The zero-order chi connectivity index (χ0) is 14.8. The van der Waals surface area contributed by atoms with Crippen LogP contribution in [-0.4, -0.2) is 42.0 Å². The molecule has 0 spiro atoms. The van der Waals surface area contributed by atoms with Crippen LogP contribution in [0.4, 0.5) is 11.5 Å². The molecule has 0 bridgehead atoms. The Hall–Kier alpha value is -1.78. The minimum absolute atomic E-state index is 0.256. The van der Waals surface area contributed by atoms with Crippen LogP contribution in [0.2, 0.25) is 0 Å². The van der Waals surface area contributed by atoms with Gasteiger partial charge in [0.2, 0.25) is 5.91 Å². The zero-order valence-corrected chi connectivity index (χ0v) is 12.7. The molecule has 2 aliphatic rings. The van der Waals surface area contributed by atoms with Crippen molar-refractivity contribution in [3.8, 4) is 0 Å². The predicted octanol–water partition coefficient (Wildman–Crippen LogP) is 1.75. The third-order valence-corrected chi connectivity index (χ3v) is 4.86. The number of piperazine rings is 1. The molecule has 1 aliphatic carbocycles. The topological polar surface area (TPSA) is 62.5 Å². The Morgan fingerprint density at radius 3 is 2.57 bits per heavy atom. The van der Waals surface area contributed by atoms with Crippen molar-refractivity contribution in [1.82, 2.24) is 9.88 Å². The summed E-state index contributed by atoms with van der Waals surface area (Å²) in [7, 11) is 0. The van der Waals surface area contributed by atoms with Crippen LogP contribution in [-0.2, 0) is 4.79 Å². The molecule has 2 N–H and O–H groups in total. The number of amides is 1. The molecule has 21 heavy (non-hydrogen) atoms. The van der Waals surface area contributed by atoms with Crippen molar-refractivity contribution in [2.45, 2.75) is 26.2 Å². The molecule has 1 aromatic rings. The number of carbonyl (C=O) groups is 1. The molecule has 0 radical (unpaired) electrons. The maximum Gasteiger partial charge on any atom is 0.226 e. The van der Waals surface area contributed by atoms with E-state index in [9.17, 15) is 4.79 Å². The summed E-state index contributed by atoms with van der Waals surface area (Å²) in [5.74, 6) is 2.12. The van der Waals surface area contributed by atoms with Crippen LogP contribution in [0.25, 0.3) is 0 Å². The summed E-state index contributed by atoms with van der Waals surface area (Å²) in [5.41, 5.74) is 6.35. The number of nitrogen functional groups attached to an aromatic ring is 1. The van der Waals surface area contributed by atoms with E-state index >= 15 is 0 Å². The molecule has 114 valence electrons. The van der Waals surface area contributed by atoms with Crippen molar-refractivity contribution in [1.29, 1.82) is 0 Å². The first-order valence-electron chi connectivity index (χ1n) is 7.90. The van der Waals surface area contributed by atoms with E-state index in [-0.39, 0.29) is 5.92 Å². The van der Waals surface area contributed by atoms with Crippen molar-refractivity contribution in [2.75, 3.05) is 36.8 Å². The lowest BCUT2D eigenvalue weighted by Crippen LogP contribution is -2.50. The molecule has 2 heterocycles. The van der Waals surface area contributed by atoms with E-state index in [0.717, 1.165) is 38.4 Å². The highest BCUT2D eigenvalue weighted by Gasteiger charge is 2.34. The van der Waals surface area contributed by atoms with Crippen molar-refractivity contribution in [3.63, 3.8) is 0 Å². The molecule has 1 aliphatic heterocycles. The minimum Gasteiger partial charge on any atom is -0.397 e. The fraction of sp³-hybridized carbons (Fsp3) is 0.625. The van der Waals surface area contributed by atoms with Crippen LogP contribution < -0.4 is 10.6 Å². The molecule has 3 rings (SSSR count). The predicted molar refractivity (Wildman–Crippen MR) is 83.9 cm³/mol. The van der Waals surface area contributed by atoms with Crippen LogP contribution in [0.3, 0.4) is 0 Å². The molecule has 0 aromatic carbocycles. The summed E-state index contributed by atoms with van der Waals surface area (Å²) in [4.78, 5) is 21.2. The largest absolute Gasteiger partial charge is 0.397 e. The summed E-state index contributed by atoms with van der Waals surface area (Å²) >= 11 is 0. The van der Waals surface area contributed by atoms with Crippen molar-refractivity contribution in [3.05, 3.63) is 18.3 Å². The van der Waals surface area contributed by atoms with Gasteiger partial charge in [0.1, 0.15) is 5.82 Å². The Kier molecular flexibility index (Phi) is 3.99. The second-order valence-electron chi connectivity index (χ2n) is 6.28. The third kappa shape index (κ3) is 2.96. The molecule has 2 unspecified atom stereocenters. The Morgan fingerprint density at radius 2 is 2.00 bits per heavy atom. The van der Waals surface area contributed by atoms with Crippen LogP contribution >= 0.6 is 0 Å². The lowest BCUT2D eigenvalue weighted by Gasteiger charge is -2.37. The van der Waals surface area contributed by atoms with Gasteiger partial charge in [-0.3, -0.25) is 4.79 Å². The highest BCUT2D eigenvalue weighted by atomic mass is 16.2. The monoisotopic (exact) mass is 288 g/mol. The fourth-order valence-electron chi connectivity index (χ4n) is 3.49. The number of nitrogens with zero attached hydrogens (tertiary/aromatic N) is 3. The molecule has 2 fully saturated rings. The van der Waals surface area contributed by atoms with E-state index in [1.165, 1.54) is 12.8 Å². The molecule has 5 nitrogen and oxygen atoms in total. The normalized spacial score (nSPS) is 26.1. The van der Waals surface area contributed by atoms with Gasteiger partial charge in [-0.05, 0) is 30.9 Å². The number of rotatable bonds is 2. The smallest absolute Gasteiger partial charge is 0.226 e. The SMILES string of the molecule is CC1CCCC1C(=O)N1CCN(c2ccc(N)cn2)CC1. The Labute approximate surface area is 126 Å². The van der Waals surface area contributed by atoms with E-state index in [2.05, 4.69) is 16.8 Å². The Bertz CT molecular complexity index is 494. The summed E-state index contributed by atoms with van der Waals surface area (Å²) < 4.78 is 0. The fourth-order valence-corrected chi connectivity index (χ4v) is 3.49. The highest BCUT2D eigenvalue weighted by Crippen LogP contribution is 2.32. The van der Waals surface area contributed by atoms with E-state index < -0.39 is 0 Å². The molecule has 1 saturated heterocycles. The Morgan fingerprint density at radius 1 is 1.24 bits per heavy atom. The molecule has 1 aromatic heterocycles. The molecular formula is C16H24N4O. The summed E-state index contributed by atoms with van der Waals surface area (Å²) in [6.45, 7) is 5.51. The maximum atomic E-state index is 12.6. The zero-order valence-electron chi connectivity index (χ0n) is 12.7. The number of hydrogen-bond acceptors (Lipinski definition) is 4. The van der Waals surface area contributed by atoms with Gasteiger partial charge in [0.25, 0.3) is 0 Å². The number of pyridine rings is 1. The van der Waals surface area contributed by atoms with Crippen molar-refractivity contribution in [2.24, 2.45) is 11.8 Å². The average Bonchev–Trinajstić information content (AvgIpc) is 2.94. The highest BCUT2D eigenvalue weighted by molar-refractivity contribution is 5.79. The van der Waals surface area contributed by atoms with Gasteiger partial charge in [-0.25, -0.2) is 4.98 Å². The van der Waals surface area contributed by atoms with E-state index in [1.807, 2.05) is 17.0 Å². The van der Waals surface area contributed by atoms with Crippen molar-refractivity contribution >= 4 is 17.4 Å². The third-order valence-electron chi connectivity index (χ3n) is 4.86. The first-order chi connectivity index (χ1) is 10.1. The van der Waals surface area contributed by atoms with Gasteiger partial charge in [-0.2, -0.15) is 0 Å².